The number of hydrogen-bond donors (Lipinski definition) is 0. The van der Waals surface area contributed by atoms with Crippen LogP contribution in [0.3, 0.4) is 0 Å². The average molecular weight is 449 g/mol. The zero-order valence-corrected chi connectivity index (χ0v) is 18.3. The fourth-order valence-corrected chi connectivity index (χ4v) is 4.01. The summed E-state index contributed by atoms with van der Waals surface area (Å²) in [5.74, 6) is -2.15. The lowest BCUT2D eigenvalue weighted by Gasteiger charge is -2.08. The molecule has 10 heteroatoms. The summed E-state index contributed by atoms with van der Waals surface area (Å²) >= 11 is 0. The molecule has 5 rings (SSSR count). The quantitative estimate of drug-likeness (QED) is 0.375. The van der Waals surface area contributed by atoms with E-state index in [1.807, 2.05) is 42.8 Å². The molecule has 33 heavy (non-hydrogen) atoms. The van der Waals surface area contributed by atoms with Gasteiger partial charge in [-0.05, 0) is 32.0 Å². The van der Waals surface area contributed by atoms with E-state index in [-0.39, 0.29) is 0 Å². The molecule has 0 radical (unpaired) electrons. The summed E-state index contributed by atoms with van der Waals surface area (Å²) in [5.41, 5.74) is 6.44. The van der Waals surface area contributed by atoms with Gasteiger partial charge in [-0.1, -0.05) is 5.16 Å². The third-order valence-corrected chi connectivity index (χ3v) is 5.38. The van der Waals surface area contributed by atoms with Crippen LogP contribution >= 0.6 is 0 Å². The van der Waals surface area contributed by atoms with E-state index in [1.54, 1.807) is 24.8 Å². The van der Waals surface area contributed by atoms with Crippen LogP contribution < -0.4 is 0 Å². The molecule has 0 aliphatic carbocycles. The minimum Gasteiger partial charge on any atom is -0.361 e. The standard InChI is InChI=1S/C23H21F2N7O/c1-14-21(15(2)33-30-14)16-7-20-22(26-8-16)19(12-31(20)11-18-5-4-6-27-29-18)17-9-28-32(10-17)13-23(3,24)25/h4-10,12H,11,13H2,1-3H3. The van der Waals surface area contributed by atoms with E-state index in [4.69, 9.17) is 9.51 Å². The van der Waals surface area contributed by atoms with Crippen LogP contribution in [0.1, 0.15) is 24.1 Å². The zero-order valence-electron chi connectivity index (χ0n) is 18.3. The smallest absolute Gasteiger partial charge is 0.264 e. The Bertz CT molecular complexity index is 1410. The second-order valence-electron chi connectivity index (χ2n) is 8.17. The topological polar surface area (TPSA) is 87.5 Å². The fraction of sp³-hybridized carbons (Fsp3) is 0.261. The summed E-state index contributed by atoms with van der Waals surface area (Å²) in [7, 11) is 0. The Morgan fingerprint density at radius 2 is 1.97 bits per heavy atom. The lowest BCUT2D eigenvalue weighted by atomic mass is 10.1. The molecule has 0 aliphatic rings. The summed E-state index contributed by atoms with van der Waals surface area (Å²) in [6, 6.07) is 5.75. The lowest BCUT2D eigenvalue weighted by Crippen LogP contribution is -2.19. The largest absolute Gasteiger partial charge is 0.361 e. The summed E-state index contributed by atoms with van der Waals surface area (Å²) in [5, 5.41) is 16.3. The molecular weight excluding hydrogens is 428 g/mol. The Morgan fingerprint density at radius 1 is 1.12 bits per heavy atom. The van der Waals surface area contributed by atoms with E-state index < -0.39 is 12.5 Å². The Labute approximate surface area is 187 Å². The number of halogens is 2. The van der Waals surface area contributed by atoms with Gasteiger partial charge in [0.25, 0.3) is 5.92 Å². The molecule has 0 aliphatic heterocycles. The van der Waals surface area contributed by atoms with Crippen molar-refractivity contribution in [3.05, 3.63) is 66.3 Å². The van der Waals surface area contributed by atoms with Crippen molar-refractivity contribution in [2.45, 2.75) is 39.8 Å². The maximum atomic E-state index is 13.5. The van der Waals surface area contributed by atoms with Crippen molar-refractivity contribution in [2.24, 2.45) is 0 Å². The highest BCUT2D eigenvalue weighted by Crippen LogP contribution is 2.34. The van der Waals surface area contributed by atoms with E-state index >= 15 is 0 Å². The maximum Gasteiger partial charge on any atom is 0.264 e. The van der Waals surface area contributed by atoms with E-state index in [0.717, 1.165) is 46.0 Å². The molecule has 0 aromatic carbocycles. The van der Waals surface area contributed by atoms with Crippen LogP contribution in [-0.4, -0.2) is 40.6 Å². The van der Waals surface area contributed by atoms with Gasteiger partial charge in [-0.25, -0.2) is 8.78 Å². The minimum absolute atomic E-state index is 0.470. The Hall–Kier alpha value is -3.95. The first kappa shape index (κ1) is 20.9. The van der Waals surface area contributed by atoms with Gasteiger partial charge >= 0.3 is 0 Å². The van der Waals surface area contributed by atoms with Gasteiger partial charge in [0.1, 0.15) is 12.3 Å². The lowest BCUT2D eigenvalue weighted by molar-refractivity contribution is 0.000604. The summed E-state index contributed by atoms with van der Waals surface area (Å²) in [6.45, 7) is 4.60. The van der Waals surface area contributed by atoms with Crippen molar-refractivity contribution in [3.63, 3.8) is 0 Å². The normalized spacial score (nSPS) is 12.0. The average Bonchev–Trinajstić information content (AvgIpc) is 3.45. The molecule has 5 aromatic heterocycles. The molecule has 0 N–H and O–H groups in total. The number of pyridine rings is 1. The predicted octanol–water partition coefficient (Wildman–Crippen LogP) is 4.67. The predicted molar refractivity (Wildman–Crippen MR) is 118 cm³/mol. The highest BCUT2D eigenvalue weighted by molar-refractivity contribution is 5.94. The van der Waals surface area contributed by atoms with Crippen LogP contribution in [0, 0.1) is 13.8 Å². The molecule has 0 fully saturated rings. The van der Waals surface area contributed by atoms with Crippen LogP contribution in [0.5, 0.6) is 0 Å². The van der Waals surface area contributed by atoms with E-state index in [9.17, 15) is 8.78 Å². The Balaban J connectivity index is 1.64. The monoisotopic (exact) mass is 449 g/mol. The van der Waals surface area contributed by atoms with Gasteiger partial charge in [0.2, 0.25) is 0 Å². The van der Waals surface area contributed by atoms with Crippen LogP contribution in [0.2, 0.25) is 0 Å². The highest BCUT2D eigenvalue weighted by Gasteiger charge is 2.23. The molecule has 0 amide bonds. The van der Waals surface area contributed by atoms with Gasteiger partial charge in [-0.3, -0.25) is 9.67 Å². The molecule has 5 heterocycles. The molecule has 8 nitrogen and oxygen atoms in total. The molecule has 5 aromatic rings. The number of aryl methyl sites for hydroxylation is 2. The summed E-state index contributed by atoms with van der Waals surface area (Å²) in [4.78, 5) is 4.73. The SMILES string of the molecule is Cc1noc(C)c1-c1cnc2c(-c3cnn(CC(C)(F)F)c3)cn(Cc3cccnn3)c2c1. The molecule has 0 saturated heterocycles. The Kier molecular flexibility index (Phi) is 4.99. The van der Waals surface area contributed by atoms with Gasteiger partial charge in [-0.15, -0.1) is 0 Å². The number of aromatic nitrogens is 7. The minimum atomic E-state index is -2.86. The number of rotatable bonds is 6. The van der Waals surface area contributed by atoms with Crippen molar-refractivity contribution < 1.29 is 13.3 Å². The third kappa shape index (κ3) is 4.11. The fourth-order valence-electron chi connectivity index (χ4n) is 4.01. The Morgan fingerprint density at radius 3 is 2.67 bits per heavy atom. The zero-order chi connectivity index (χ0) is 23.2. The molecule has 0 spiro atoms. The second kappa shape index (κ2) is 7.88. The molecule has 168 valence electrons. The van der Waals surface area contributed by atoms with Gasteiger partial charge in [0, 0.05) is 54.0 Å². The number of fused-ring (bicyclic) bond motifs is 1. The first-order chi connectivity index (χ1) is 15.8. The van der Waals surface area contributed by atoms with Crippen LogP contribution in [-0.2, 0) is 13.1 Å². The van der Waals surface area contributed by atoms with Crippen molar-refractivity contribution >= 4 is 11.0 Å². The molecular formula is C23H21F2N7O. The van der Waals surface area contributed by atoms with Crippen molar-refractivity contribution in [2.75, 3.05) is 0 Å². The highest BCUT2D eigenvalue weighted by atomic mass is 19.3. The summed E-state index contributed by atoms with van der Waals surface area (Å²) < 4.78 is 35.5. The number of nitrogens with zero attached hydrogens (tertiary/aromatic N) is 7. The van der Waals surface area contributed by atoms with Gasteiger partial charge in [0.15, 0.2) is 0 Å². The van der Waals surface area contributed by atoms with Crippen molar-refractivity contribution in [1.29, 1.82) is 0 Å². The maximum absolute atomic E-state index is 13.5. The van der Waals surface area contributed by atoms with Crippen LogP contribution in [0.15, 0.2) is 53.7 Å². The van der Waals surface area contributed by atoms with E-state index in [1.165, 1.54) is 4.68 Å². The van der Waals surface area contributed by atoms with Crippen molar-refractivity contribution in [1.82, 2.24) is 34.7 Å². The van der Waals surface area contributed by atoms with Gasteiger partial charge < -0.3 is 9.09 Å². The van der Waals surface area contributed by atoms with Crippen molar-refractivity contribution in [3.8, 4) is 22.3 Å². The second-order valence-corrected chi connectivity index (χ2v) is 8.17. The first-order valence-corrected chi connectivity index (χ1v) is 10.4. The summed E-state index contributed by atoms with van der Waals surface area (Å²) in [6.07, 6.45) is 8.53. The third-order valence-electron chi connectivity index (χ3n) is 5.38. The van der Waals surface area contributed by atoms with Crippen LogP contribution in [0.25, 0.3) is 33.3 Å². The number of hydrogen-bond acceptors (Lipinski definition) is 6. The molecule has 0 bridgehead atoms. The molecule has 0 saturated carbocycles. The van der Waals surface area contributed by atoms with E-state index in [2.05, 4.69) is 20.5 Å². The van der Waals surface area contributed by atoms with Crippen LogP contribution in [0.4, 0.5) is 8.78 Å². The molecule has 0 unspecified atom stereocenters. The molecule has 0 atom stereocenters. The number of alkyl halides is 2. The van der Waals surface area contributed by atoms with E-state index in [0.29, 0.717) is 17.9 Å². The van der Waals surface area contributed by atoms with Gasteiger partial charge in [0.05, 0.1) is 35.2 Å². The first-order valence-electron chi connectivity index (χ1n) is 10.4. The van der Waals surface area contributed by atoms with Gasteiger partial charge in [-0.2, -0.15) is 15.3 Å².